The minimum Gasteiger partial charge on any atom is -0.394 e. The number of hydrogen-bond donors (Lipinski definition) is 2. The Kier molecular flexibility index (Phi) is 7.42. The van der Waals surface area contributed by atoms with Gasteiger partial charge < -0.3 is 10.4 Å². The minimum absolute atomic E-state index is 0.149. The highest BCUT2D eigenvalue weighted by Gasteiger charge is 2.22. The number of nitrogens with one attached hydrogen (secondary N) is 1. The Balaban J connectivity index is 2.19. The smallest absolute Gasteiger partial charge is 0.0959 e. The van der Waals surface area contributed by atoms with E-state index in [1.165, 1.54) is 0 Å². The Morgan fingerprint density at radius 2 is 2.16 bits per heavy atom. The quantitative estimate of drug-likeness (QED) is 0.540. The van der Waals surface area contributed by atoms with Gasteiger partial charge in [0.25, 0.3) is 0 Å². The van der Waals surface area contributed by atoms with Crippen LogP contribution in [0.2, 0.25) is 0 Å². The zero-order valence-corrected chi connectivity index (χ0v) is 13.0. The number of thioether (sulfide) groups is 1. The van der Waals surface area contributed by atoms with Crippen molar-refractivity contribution in [3.8, 4) is 0 Å². The molecule has 1 aromatic heterocycles. The third-order valence-corrected chi connectivity index (χ3v) is 4.03. The summed E-state index contributed by atoms with van der Waals surface area (Å²) in [7, 11) is 0. The number of aromatic nitrogens is 1. The lowest BCUT2D eigenvalue weighted by atomic mass is 9.95. The molecule has 1 atom stereocenters. The lowest BCUT2D eigenvalue weighted by molar-refractivity contribution is 0.154. The van der Waals surface area contributed by atoms with Crippen molar-refractivity contribution in [2.75, 3.05) is 12.4 Å². The second kappa shape index (κ2) is 8.56. The lowest BCUT2D eigenvalue weighted by Crippen LogP contribution is -2.49. The summed E-state index contributed by atoms with van der Waals surface area (Å²) in [4.78, 5) is 4.29. The van der Waals surface area contributed by atoms with Crippen LogP contribution in [-0.2, 0) is 0 Å². The predicted octanol–water partition coefficient (Wildman–Crippen LogP) is 3.09. The second-order valence-electron chi connectivity index (χ2n) is 5.49. The Morgan fingerprint density at radius 3 is 2.74 bits per heavy atom. The maximum Gasteiger partial charge on any atom is 0.0959 e. The molecule has 0 fully saturated rings. The SMILES string of the molecule is CC(C)NC(C)(CO)CCCCSc1ccccn1. The lowest BCUT2D eigenvalue weighted by Gasteiger charge is -2.31. The Hall–Kier alpha value is -0.580. The van der Waals surface area contributed by atoms with E-state index in [0.717, 1.165) is 30.0 Å². The Bertz CT molecular complexity index is 345. The zero-order chi connectivity index (χ0) is 14.1. The van der Waals surface area contributed by atoms with Gasteiger partial charge in [0.2, 0.25) is 0 Å². The molecule has 0 saturated carbocycles. The molecule has 0 aliphatic carbocycles. The van der Waals surface area contributed by atoms with Crippen LogP contribution in [0.5, 0.6) is 0 Å². The van der Waals surface area contributed by atoms with Gasteiger partial charge in [-0.15, -0.1) is 11.8 Å². The van der Waals surface area contributed by atoms with Crippen LogP contribution < -0.4 is 5.32 Å². The van der Waals surface area contributed by atoms with E-state index in [4.69, 9.17) is 0 Å². The second-order valence-corrected chi connectivity index (χ2v) is 6.61. The zero-order valence-electron chi connectivity index (χ0n) is 12.2. The number of nitrogens with zero attached hydrogens (tertiary/aromatic N) is 1. The van der Waals surface area contributed by atoms with Gasteiger partial charge in [0.1, 0.15) is 0 Å². The van der Waals surface area contributed by atoms with E-state index in [1.54, 1.807) is 11.8 Å². The number of aliphatic hydroxyl groups is 1. The molecule has 0 radical (unpaired) electrons. The molecule has 108 valence electrons. The van der Waals surface area contributed by atoms with Crippen molar-refractivity contribution in [1.29, 1.82) is 0 Å². The van der Waals surface area contributed by atoms with Gasteiger partial charge in [-0.05, 0) is 37.7 Å². The Labute approximate surface area is 121 Å². The highest BCUT2D eigenvalue weighted by atomic mass is 32.2. The van der Waals surface area contributed by atoms with Gasteiger partial charge in [-0.3, -0.25) is 0 Å². The molecule has 1 unspecified atom stereocenters. The third kappa shape index (κ3) is 6.95. The van der Waals surface area contributed by atoms with Crippen LogP contribution in [0, 0.1) is 0 Å². The summed E-state index contributed by atoms with van der Waals surface area (Å²) in [5.41, 5.74) is -0.149. The average Bonchev–Trinajstić information content (AvgIpc) is 2.39. The van der Waals surface area contributed by atoms with Crippen molar-refractivity contribution in [3.05, 3.63) is 24.4 Å². The summed E-state index contributed by atoms with van der Waals surface area (Å²) in [5, 5.41) is 14.0. The number of rotatable bonds is 9. The Morgan fingerprint density at radius 1 is 1.37 bits per heavy atom. The van der Waals surface area contributed by atoms with E-state index < -0.39 is 0 Å². The summed E-state index contributed by atoms with van der Waals surface area (Å²) in [6, 6.07) is 6.40. The van der Waals surface area contributed by atoms with E-state index in [-0.39, 0.29) is 12.1 Å². The molecule has 1 heterocycles. The summed E-state index contributed by atoms with van der Waals surface area (Å²) in [5.74, 6) is 1.08. The molecule has 0 amide bonds. The van der Waals surface area contributed by atoms with Crippen LogP contribution in [0.1, 0.15) is 40.0 Å². The highest BCUT2D eigenvalue weighted by Crippen LogP contribution is 2.19. The largest absolute Gasteiger partial charge is 0.394 e. The fourth-order valence-corrected chi connectivity index (χ4v) is 2.99. The van der Waals surface area contributed by atoms with Crippen molar-refractivity contribution in [2.24, 2.45) is 0 Å². The van der Waals surface area contributed by atoms with E-state index in [1.807, 2.05) is 24.4 Å². The maximum absolute atomic E-state index is 9.49. The molecular weight excluding hydrogens is 256 g/mol. The predicted molar refractivity (Wildman–Crippen MR) is 82.6 cm³/mol. The van der Waals surface area contributed by atoms with Gasteiger partial charge in [0.05, 0.1) is 11.6 Å². The van der Waals surface area contributed by atoms with Crippen LogP contribution in [0.25, 0.3) is 0 Å². The molecule has 4 heteroatoms. The number of unbranched alkanes of at least 4 members (excludes halogenated alkanes) is 1. The molecule has 0 aliphatic heterocycles. The van der Waals surface area contributed by atoms with E-state index in [0.29, 0.717) is 6.04 Å². The molecule has 1 aromatic rings. The van der Waals surface area contributed by atoms with E-state index >= 15 is 0 Å². The van der Waals surface area contributed by atoms with Gasteiger partial charge in [0.15, 0.2) is 0 Å². The highest BCUT2D eigenvalue weighted by molar-refractivity contribution is 7.99. The van der Waals surface area contributed by atoms with Crippen molar-refractivity contribution < 1.29 is 5.11 Å². The first-order valence-corrected chi connectivity index (χ1v) is 7.97. The summed E-state index contributed by atoms with van der Waals surface area (Å²) in [6.45, 7) is 6.52. The summed E-state index contributed by atoms with van der Waals surface area (Å²) in [6.07, 6.45) is 5.11. The molecule has 2 N–H and O–H groups in total. The molecule has 1 rings (SSSR count). The minimum atomic E-state index is -0.149. The normalized spacial score (nSPS) is 14.6. The fraction of sp³-hybridized carbons (Fsp3) is 0.667. The van der Waals surface area contributed by atoms with Crippen molar-refractivity contribution in [2.45, 2.75) is 56.6 Å². The number of aliphatic hydroxyl groups excluding tert-OH is 1. The first-order valence-electron chi connectivity index (χ1n) is 6.98. The third-order valence-electron chi connectivity index (χ3n) is 3.00. The maximum atomic E-state index is 9.49. The standard InChI is InChI=1S/C15H26N2OS/c1-13(2)17-15(3,12-18)9-5-7-11-19-14-8-4-6-10-16-14/h4,6,8,10,13,17-18H,5,7,9,11-12H2,1-3H3. The molecule has 0 bridgehead atoms. The van der Waals surface area contributed by atoms with E-state index in [2.05, 4.69) is 31.1 Å². The van der Waals surface area contributed by atoms with Gasteiger partial charge >= 0.3 is 0 Å². The summed E-state index contributed by atoms with van der Waals surface area (Å²) >= 11 is 1.80. The van der Waals surface area contributed by atoms with Gasteiger partial charge in [-0.2, -0.15) is 0 Å². The molecule has 3 nitrogen and oxygen atoms in total. The topological polar surface area (TPSA) is 45.1 Å². The monoisotopic (exact) mass is 282 g/mol. The van der Waals surface area contributed by atoms with Gasteiger partial charge in [-0.25, -0.2) is 4.98 Å². The molecule has 0 aromatic carbocycles. The first kappa shape index (κ1) is 16.5. The van der Waals surface area contributed by atoms with Crippen molar-refractivity contribution in [1.82, 2.24) is 10.3 Å². The van der Waals surface area contributed by atoms with Gasteiger partial charge in [0, 0.05) is 17.8 Å². The van der Waals surface area contributed by atoms with Crippen LogP contribution in [-0.4, -0.2) is 34.0 Å². The van der Waals surface area contributed by atoms with Crippen LogP contribution in [0.4, 0.5) is 0 Å². The number of hydrogen-bond acceptors (Lipinski definition) is 4. The molecule has 0 saturated heterocycles. The van der Waals surface area contributed by atoms with E-state index in [9.17, 15) is 5.11 Å². The summed E-state index contributed by atoms with van der Waals surface area (Å²) < 4.78 is 0. The molecule has 19 heavy (non-hydrogen) atoms. The first-order chi connectivity index (χ1) is 9.06. The van der Waals surface area contributed by atoms with Crippen molar-refractivity contribution in [3.63, 3.8) is 0 Å². The average molecular weight is 282 g/mol. The van der Waals surface area contributed by atoms with Crippen LogP contribution in [0.3, 0.4) is 0 Å². The number of pyridine rings is 1. The molecule has 0 aliphatic rings. The van der Waals surface area contributed by atoms with Gasteiger partial charge in [-0.1, -0.05) is 26.3 Å². The fourth-order valence-electron chi connectivity index (χ4n) is 2.12. The van der Waals surface area contributed by atoms with Crippen LogP contribution >= 0.6 is 11.8 Å². The van der Waals surface area contributed by atoms with Crippen molar-refractivity contribution >= 4 is 11.8 Å². The molecule has 0 spiro atoms. The molecular formula is C15H26N2OS. The van der Waals surface area contributed by atoms with Crippen LogP contribution in [0.15, 0.2) is 29.4 Å².